The van der Waals surface area contributed by atoms with Crippen LogP contribution in [0.25, 0.3) is 0 Å². The molecule has 1 aromatic heterocycles. The Labute approximate surface area is 107 Å². The lowest BCUT2D eigenvalue weighted by molar-refractivity contribution is 0.190. The zero-order valence-corrected chi connectivity index (χ0v) is 11.6. The van der Waals surface area contributed by atoms with Crippen LogP contribution in [-0.4, -0.2) is 40.8 Å². The first-order chi connectivity index (χ1) is 8.20. The minimum Gasteiger partial charge on any atom is -0.383 e. The molecule has 0 bridgehead atoms. The smallest absolute Gasteiger partial charge is 0.203 e. The molecule has 0 saturated carbocycles. The van der Waals surface area contributed by atoms with Crippen LogP contribution in [0, 0.1) is 6.92 Å². The third-order valence-corrected chi connectivity index (χ3v) is 4.09. The van der Waals surface area contributed by atoms with Crippen LogP contribution in [0.5, 0.6) is 0 Å². The largest absolute Gasteiger partial charge is 0.383 e. The van der Waals surface area contributed by atoms with Gasteiger partial charge in [-0.25, -0.2) is 4.98 Å². The molecule has 1 aliphatic heterocycles. The average Bonchev–Trinajstić information content (AvgIpc) is 2.87. The fraction of sp³-hybridized carbons (Fsp3) is 0.750. The standard InChI is InChI=1S/C12H21N3OS/c1-9-6-15(11-4-5-17-8-11)12(13-9)14-10(2)7-16-3/h6,10-11H,4-5,7-8H2,1-3H3,(H,13,14). The summed E-state index contributed by atoms with van der Waals surface area (Å²) in [4.78, 5) is 4.56. The van der Waals surface area contributed by atoms with Gasteiger partial charge in [-0.1, -0.05) is 0 Å². The van der Waals surface area contributed by atoms with E-state index in [0.29, 0.717) is 12.6 Å². The maximum absolute atomic E-state index is 5.14. The lowest BCUT2D eigenvalue weighted by Gasteiger charge is -2.18. The summed E-state index contributed by atoms with van der Waals surface area (Å²) in [7, 11) is 1.73. The zero-order valence-electron chi connectivity index (χ0n) is 10.8. The molecule has 1 aliphatic rings. The normalized spacial score (nSPS) is 21.7. The maximum Gasteiger partial charge on any atom is 0.203 e. The molecule has 1 aromatic rings. The number of imidazole rings is 1. The Kier molecular flexibility index (Phi) is 4.34. The van der Waals surface area contributed by atoms with E-state index in [0.717, 1.165) is 11.6 Å². The molecule has 0 radical (unpaired) electrons. The lowest BCUT2D eigenvalue weighted by Crippen LogP contribution is -2.24. The molecule has 2 heterocycles. The highest BCUT2D eigenvalue weighted by molar-refractivity contribution is 7.99. The number of rotatable bonds is 5. The molecule has 2 rings (SSSR count). The number of anilines is 1. The van der Waals surface area contributed by atoms with Crippen LogP contribution in [0.1, 0.15) is 25.1 Å². The predicted octanol–water partition coefficient (Wildman–Crippen LogP) is 2.32. The topological polar surface area (TPSA) is 39.1 Å². The van der Waals surface area contributed by atoms with Gasteiger partial charge < -0.3 is 14.6 Å². The molecule has 5 heteroatoms. The van der Waals surface area contributed by atoms with Crippen LogP contribution in [0.4, 0.5) is 5.95 Å². The number of hydrogen-bond donors (Lipinski definition) is 1. The molecule has 1 N–H and O–H groups in total. The van der Waals surface area contributed by atoms with Gasteiger partial charge in [0.2, 0.25) is 5.95 Å². The molecule has 4 nitrogen and oxygen atoms in total. The van der Waals surface area contributed by atoms with Crippen molar-refractivity contribution in [3.05, 3.63) is 11.9 Å². The van der Waals surface area contributed by atoms with E-state index < -0.39 is 0 Å². The van der Waals surface area contributed by atoms with Gasteiger partial charge in [0.1, 0.15) is 0 Å². The minimum absolute atomic E-state index is 0.287. The van der Waals surface area contributed by atoms with Crippen molar-refractivity contribution in [1.82, 2.24) is 9.55 Å². The lowest BCUT2D eigenvalue weighted by atomic mass is 10.2. The van der Waals surface area contributed by atoms with Crippen molar-refractivity contribution in [1.29, 1.82) is 0 Å². The molecule has 1 fully saturated rings. The van der Waals surface area contributed by atoms with Crippen LogP contribution in [0.2, 0.25) is 0 Å². The second-order valence-corrected chi connectivity index (χ2v) is 5.78. The van der Waals surface area contributed by atoms with Gasteiger partial charge in [-0.2, -0.15) is 11.8 Å². The first-order valence-corrected chi connectivity index (χ1v) is 7.25. The Bertz CT molecular complexity index is 361. The first kappa shape index (κ1) is 12.8. The molecule has 2 atom stereocenters. The van der Waals surface area contributed by atoms with E-state index in [9.17, 15) is 0 Å². The van der Waals surface area contributed by atoms with Gasteiger partial charge in [0.25, 0.3) is 0 Å². The highest BCUT2D eigenvalue weighted by atomic mass is 32.2. The molecule has 96 valence electrons. The SMILES string of the molecule is COCC(C)Nc1nc(C)cn1C1CCSC1. The molecular weight excluding hydrogens is 234 g/mol. The van der Waals surface area contributed by atoms with Gasteiger partial charge in [-0.3, -0.25) is 0 Å². The summed E-state index contributed by atoms with van der Waals surface area (Å²) in [5.74, 6) is 3.44. The maximum atomic E-state index is 5.14. The molecule has 0 aliphatic carbocycles. The molecule has 0 aromatic carbocycles. The van der Waals surface area contributed by atoms with E-state index >= 15 is 0 Å². The third kappa shape index (κ3) is 3.16. The van der Waals surface area contributed by atoms with Gasteiger partial charge in [0.15, 0.2) is 0 Å². The number of nitrogens with zero attached hydrogens (tertiary/aromatic N) is 2. The van der Waals surface area contributed by atoms with Gasteiger partial charge in [0, 0.05) is 31.1 Å². The number of thioether (sulfide) groups is 1. The van der Waals surface area contributed by atoms with Crippen molar-refractivity contribution < 1.29 is 4.74 Å². The van der Waals surface area contributed by atoms with Gasteiger partial charge in [-0.15, -0.1) is 0 Å². The Morgan fingerprint density at radius 1 is 1.71 bits per heavy atom. The monoisotopic (exact) mass is 255 g/mol. The van der Waals surface area contributed by atoms with Crippen molar-refractivity contribution in [2.24, 2.45) is 0 Å². The summed E-state index contributed by atoms with van der Waals surface area (Å²) in [6.45, 7) is 4.86. The van der Waals surface area contributed by atoms with Gasteiger partial charge in [0.05, 0.1) is 12.3 Å². The highest BCUT2D eigenvalue weighted by Crippen LogP contribution is 2.30. The average molecular weight is 255 g/mol. The van der Waals surface area contributed by atoms with Crippen molar-refractivity contribution in [3.8, 4) is 0 Å². The van der Waals surface area contributed by atoms with Gasteiger partial charge in [-0.05, 0) is 26.0 Å². The van der Waals surface area contributed by atoms with Crippen molar-refractivity contribution >= 4 is 17.7 Å². The second-order valence-electron chi connectivity index (χ2n) is 4.63. The minimum atomic E-state index is 0.287. The molecular formula is C12H21N3OS. The molecule has 0 spiro atoms. The van der Waals surface area contributed by atoms with Crippen LogP contribution >= 0.6 is 11.8 Å². The third-order valence-electron chi connectivity index (χ3n) is 2.94. The Morgan fingerprint density at radius 3 is 3.18 bits per heavy atom. The fourth-order valence-corrected chi connectivity index (χ4v) is 3.36. The summed E-state index contributed by atoms with van der Waals surface area (Å²) in [5, 5.41) is 3.43. The van der Waals surface area contributed by atoms with Crippen LogP contribution < -0.4 is 5.32 Å². The summed E-state index contributed by atoms with van der Waals surface area (Å²) in [6, 6.07) is 0.882. The van der Waals surface area contributed by atoms with Crippen molar-refractivity contribution in [3.63, 3.8) is 0 Å². The number of aromatic nitrogens is 2. The Balaban J connectivity index is 2.09. The van der Waals surface area contributed by atoms with E-state index in [-0.39, 0.29) is 6.04 Å². The van der Waals surface area contributed by atoms with E-state index in [4.69, 9.17) is 4.74 Å². The first-order valence-electron chi connectivity index (χ1n) is 6.09. The van der Waals surface area contributed by atoms with Crippen LogP contribution in [0.3, 0.4) is 0 Å². The van der Waals surface area contributed by atoms with Crippen molar-refractivity contribution in [2.75, 3.05) is 30.5 Å². The second kappa shape index (κ2) is 5.78. The number of nitrogens with one attached hydrogen (secondary N) is 1. The number of hydrogen-bond acceptors (Lipinski definition) is 4. The number of aryl methyl sites for hydroxylation is 1. The van der Waals surface area contributed by atoms with Crippen LogP contribution in [0.15, 0.2) is 6.20 Å². The number of methoxy groups -OCH3 is 1. The predicted molar refractivity (Wildman–Crippen MR) is 72.9 cm³/mol. The number of ether oxygens (including phenoxy) is 1. The zero-order chi connectivity index (χ0) is 12.3. The quantitative estimate of drug-likeness (QED) is 0.876. The Morgan fingerprint density at radius 2 is 2.53 bits per heavy atom. The molecule has 0 amide bonds. The van der Waals surface area contributed by atoms with Gasteiger partial charge >= 0.3 is 0 Å². The Hall–Kier alpha value is -0.680. The fourth-order valence-electron chi connectivity index (χ4n) is 2.15. The van der Waals surface area contributed by atoms with E-state index in [1.165, 1.54) is 17.9 Å². The van der Waals surface area contributed by atoms with E-state index in [2.05, 4.69) is 28.0 Å². The summed E-state index contributed by atoms with van der Waals surface area (Å²) in [6.07, 6.45) is 3.40. The van der Waals surface area contributed by atoms with E-state index in [1.807, 2.05) is 18.7 Å². The summed E-state index contributed by atoms with van der Waals surface area (Å²) in [5.41, 5.74) is 1.08. The molecule has 1 saturated heterocycles. The highest BCUT2D eigenvalue weighted by Gasteiger charge is 2.21. The summed E-state index contributed by atoms with van der Waals surface area (Å²) >= 11 is 2.02. The molecule has 17 heavy (non-hydrogen) atoms. The van der Waals surface area contributed by atoms with E-state index in [1.54, 1.807) is 7.11 Å². The van der Waals surface area contributed by atoms with Crippen LogP contribution in [-0.2, 0) is 4.74 Å². The summed E-state index contributed by atoms with van der Waals surface area (Å²) < 4.78 is 7.44. The van der Waals surface area contributed by atoms with Crippen molar-refractivity contribution in [2.45, 2.75) is 32.4 Å². The molecule has 2 unspecified atom stereocenters.